The molecule has 1 rings (SSSR count). The van der Waals surface area contributed by atoms with E-state index in [9.17, 15) is 9.59 Å². The molecular formula is C39H64O13. The summed E-state index contributed by atoms with van der Waals surface area (Å²) in [5.74, 6) is -2.27. The first-order valence-corrected chi connectivity index (χ1v) is 16.4. The average Bonchev–Trinajstić information content (AvgIpc) is 3.08. The maximum atomic E-state index is 12.0. The standard InChI is InChI=1S/C25H36O6.7C2H4O/c1-6-7-8-9-10-11-15-18-25(19-28-23(26)20(2)3,31-30-24(27)21(4)5)29-22-16-13-12-14-17-22;7*1-2-3/h12-14,16-17H,2,4,6-11,15,18-19H2,1,3,5H3;7*1-2H2. The first-order chi connectivity index (χ1) is 24.7. The predicted octanol–water partition coefficient (Wildman–Crippen LogP) is 7.83. The van der Waals surface area contributed by atoms with E-state index in [1.807, 2.05) is 18.2 Å². The van der Waals surface area contributed by atoms with Gasteiger partial charge in [0.1, 0.15) is 5.75 Å². The topological polar surface area (TPSA) is 210 Å². The SMILES string of the molecule is C=C(C)C(=O)OCC(CCCCCCCCC)(OOC(=O)C(=C)C)Oc1ccccc1.[CH2]C[O].[CH2]C[O].[CH2]C[O].[CH2]C[O].[CH2]C[O].[CH2]C[O].[CH2]C[O]. The van der Waals surface area contributed by atoms with Crippen LogP contribution < -0.4 is 4.74 Å². The van der Waals surface area contributed by atoms with E-state index < -0.39 is 17.7 Å². The maximum absolute atomic E-state index is 12.0. The Hall–Kier alpha value is -2.88. The molecule has 13 heteroatoms. The molecule has 1 unspecified atom stereocenters. The smallest absolute Gasteiger partial charge is 0.368 e. The minimum atomic E-state index is -1.49. The lowest BCUT2D eigenvalue weighted by molar-refractivity contribution is -0.391. The number of carbonyl (C=O) groups excluding carboxylic acids is 2. The first kappa shape index (κ1) is 64.1. The molecule has 0 N–H and O–H groups in total. The Bertz CT molecular complexity index is 785. The number of benzene rings is 1. The van der Waals surface area contributed by atoms with Crippen LogP contribution in [0.15, 0.2) is 54.6 Å². The van der Waals surface area contributed by atoms with E-state index >= 15 is 0 Å². The van der Waals surface area contributed by atoms with E-state index in [0.717, 1.165) is 25.7 Å². The van der Waals surface area contributed by atoms with Gasteiger partial charge >= 0.3 is 11.9 Å². The fraction of sp³-hybridized carbons (Fsp3) is 0.513. The van der Waals surface area contributed by atoms with E-state index in [2.05, 4.69) is 68.5 Å². The highest BCUT2D eigenvalue weighted by atomic mass is 17.2. The van der Waals surface area contributed by atoms with Gasteiger partial charge in [0.2, 0.25) is 0 Å². The summed E-state index contributed by atoms with van der Waals surface area (Å²) in [6, 6.07) is 8.99. The highest BCUT2D eigenvalue weighted by molar-refractivity contribution is 5.87. The van der Waals surface area contributed by atoms with Gasteiger partial charge in [0.25, 0.3) is 5.79 Å². The Morgan fingerprint density at radius 3 is 1.27 bits per heavy atom. The summed E-state index contributed by atoms with van der Waals surface area (Å²) in [6.45, 7) is 30.9. The Morgan fingerprint density at radius 2 is 0.923 bits per heavy atom. The highest BCUT2D eigenvalue weighted by Crippen LogP contribution is 2.27. The van der Waals surface area contributed by atoms with Crippen LogP contribution in [0.1, 0.15) is 72.1 Å². The van der Waals surface area contributed by atoms with Gasteiger partial charge in [-0.25, -0.2) is 45.3 Å². The average molecular weight is 741 g/mol. The third kappa shape index (κ3) is 62.3. The summed E-state index contributed by atoms with van der Waals surface area (Å²) in [4.78, 5) is 34.4. The second-order valence-electron chi connectivity index (χ2n) is 9.22. The van der Waals surface area contributed by atoms with Crippen LogP contribution in [0.5, 0.6) is 5.75 Å². The van der Waals surface area contributed by atoms with Crippen molar-refractivity contribution < 1.29 is 64.6 Å². The van der Waals surface area contributed by atoms with Crippen LogP contribution >= 0.6 is 0 Å². The van der Waals surface area contributed by atoms with E-state index in [1.165, 1.54) is 26.2 Å². The Morgan fingerprint density at radius 1 is 0.577 bits per heavy atom. The fourth-order valence-electron chi connectivity index (χ4n) is 2.77. The van der Waals surface area contributed by atoms with Crippen LogP contribution in [0, 0.1) is 48.5 Å². The third-order valence-electron chi connectivity index (χ3n) is 4.60. The van der Waals surface area contributed by atoms with E-state index in [1.54, 1.807) is 19.1 Å². The van der Waals surface area contributed by atoms with Crippen LogP contribution in [0.2, 0.25) is 0 Å². The number of para-hydroxylation sites is 1. The molecule has 0 aliphatic carbocycles. The molecule has 13 nitrogen and oxygen atoms in total. The molecule has 0 fully saturated rings. The zero-order valence-electron chi connectivity index (χ0n) is 31.9. The van der Waals surface area contributed by atoms with Crippen LogP contribution in [0.3, 0.4) is 0 Å². The second-order valence-corrected chi connectivity index (χ2v) is 9.22. The zero-order valence-corrected chi connectivity index (χ0v) is 31.9. The van der Waals surface area contributed by atoms with Gasteiger partial charge in [0.15, 0.2) is 6.61 Å². The molecule has 0 aromatic heterocycles. The molecule has 0 spiro atoms. The van der Waals surface area contributed by atoms with Crippen LogP contribution in [-0.2, 0) is 59.8 Å². The van der Waals surface area contributed by atoms with Crippen LogP contribution in [-0.4, -0.2) is 70.6 Å². The number of unbranched alkanes of at least 4 members (excludes halogenated alkanes) is 6. The van der Waals surface area contributed by atoms with Gasteiger partial charge in [-0.05, 0) is 80.9 Å². The molecule has 0 saturated carbocycles. The van der Waals surface area contributed by atoms with Crippen molar-refractivity contribution in [2.75, 3.05) is 52.9 Å². The monoisotopic (exact) mass is 740 g/mol. The highest BCUT2D eigenvalue weighted by Gasteiger charge is 2.39. The summed E-state index contributed by atoms with van der Waals surface area (Å²) in [6.07, 6.45) is 7.95. The molecule has 0 amide bonds. The summed E-state index contributed by atoms with van der Waals surface area (Å²) in [5.41, 5.74) is 0.437. The predicted molar refractivity (Wildman–Crippen MR) is 197 cm³/mol. The minimum Gasteiger partial charge on any atom is -0.455 e. The van der Waals surface area contributed by atoms with Gasteiger partial charge in [-0.3, -0.25) is 4.89 Å². The summed E-state index contributed by atoms with van der Waals surface area (Å²) in [5, 5.41) is 61.7. The van der Waals surface area contributed by atoms with Crippen molar-refractivity contribution in [2.45, 2.75) is 77.9 Å². The number of hydrogen-bond acceptors (Lipinski definition) is 6. The molecule has 298 valence electrons. The van der Waals surface area contributed by atoms with Gasteiger partial charge in [-0.15, -0.1) is 4.89 Å². The third-order valence-corrected chi connectivity index (χ3v) is 4.60. The van der Waals surface area contributed by atoms with Crippen LogP contribution in [0.25, 0.3) is 0 Å². The summed E-state index contributed by atoms with van der Waals surface area (Å²) < 4.78 is 11.4. The molecule has 0 heterocycles. The van der Waals surface area contributed by atoms with Crippen molar-refractivity contribution >= 4 is 11.9 Å². The quantitative estimate of drug-likeness (QED) is 0.0411. The Kier molecular flexibility index (Phi) is 70.8. The lowest BCUT2D eigenvalue weighted by Gasteiger charge is -2.31. The van der Waals surface area contributed by atoms with Gasteiger partial charge in [-0.1, -0.05) is 76.8 Å². The molecule has 1 aromatic rings. The van der Waals surface area contributed by atoms with Crippen molar-refractivity contribution in [1.29, 1.82) is 0 Å². The van der Waals surface area contributed by atoms with E-state index in [4.69, 9.17) is 55.0 Å². The Labute approximate surface area is 315 Å². The molecular weight excluding hydrogens is 676 g/mol. The number of esters is 1. The Balaban J connectivity index is -0.000000159. The van der Waals surface area contributed by atoms with Gasteiger partial charge in [0.05, 0.1) is 46.2 Å². The number of rotatable bonds is 16. The van der Waals surface area contributed by atoms with Gasteiger partial charge in [0, 0.05) is 17.6 Å². The molecule has 14 radical (unpaired) electrons. The van der Waals surface area contributed by atoms with Crippen molar-refractivity contribution in [3.05, 3.63) is 103 Å². The van der Waals surface area contributed by atoms with Gasteiger partial charge < -0.3 is 9.47 Å². The normalized spacial score (nSPS) is 9.87. The lowest BCUT2D eigenvalue weighted by Crippen LogP contribution is -2.45. The molecule has 0 bridgehead atoms. The fourth-order valence-corrected chi connectivity index (χ4v) is 2.77. The molecule has 0 aliphatic heterocycles. The van der Waals surface area contributed by atoms with Crippen molar-refractivity contribution in [1.82, 2.24) is 0 Å². The van der Waals surface area contributed by atoms with Crippen molar-refractivity contribution in [2.24, 2.45) is 0 Å². The first-order valence-electron chi connectivity index (χ1n) is 16.4. The molecule has 52 heavy (non-hydrogen) atoms. The number of ether oxygens (including phenoxy) is 2. The number of carbonyl (C=O) groups is 2. The van der Waals surface area contributed by atoms with Crippen LogP contribution in [0.4, 0.5) is 0 Å². The maximum Gasteiger partial charge on any atom is 0.368 e. The molecule has 1 aromatic carbocycles. The number of hydrogen-bond donors (Lipinski definition) is 0. The summed E-state index contributed by atoms with van der Waals surface area (Å²) >= 11 is 0. The molecule has 1 atom stereocenters. The second kappa shape index (κ2) is 57.5. The molecule has 0 saturated heterocycles. The summed E-state index contributed by atoms with van der Waals surface area (Å²) in [7, 11) is 0. The van der Waals surface area contributed by atoms with E-state index in [-0.39, 0.29) is 64.0 Å². The van der Waals surface area contributed by atoms with Crippen molar-refractivity contribution in [3.8, 4) is 5.75 Å². The molecule has 0 aliphatic rings. The van der Waals surface area contributed by atoms with Crippen molar-refractivity contribution in [3.63, 3.8) is 0 Å². The van der Waals surface area contributed by atoms with Gasteiger partial charge in [-0.2, -0.15) is 0 Å². The zero-order chi connectivity index (χ0) is 42.1. The minimum absolute atomic E-state index is 0.184. The lowest BCUT2D eigenvalue weighted by atomic mass is 10.0. The van der Waals surface area contributed by atoms with E-state index in [0.29, 0.717) is 12.2 Å². The largest absolute Gasteiger partial charge is 0.455 e.